The molecule has 0 aromatic carbocycles. The molecule has 1 atom stereocenters. The number of likely N-dealkylation sites (tertiary alicyclic amines) is 2. The number of thiophene rings is 1. The number of carbonyl (C=O) groups is 1. The molecule has 0 N–H and O–H groups in total. The first-order chi connectivity index (χ1) is 9.74. The fraction of sp³-hybridized carbons (Fsp3) is 0.688. The smallest absolute Gasteiger partial charge is 0.236 e. The number of hydrogen-bond donors (Lipinski definition) is 0. The van der Waals surface area contributed by atoms with E-state index >= 15 is 0 Å². The van der Waals surface area contributed by atoms with Crippen molar-refractivity contribution < 1.29 is 4.79 Å². The first kappa shape index (κ1) is 14.1. The third kappa shape index (κ3) is 3.07. The molecule has 0 unspecified atom stereocenters. The van der Waals surface area contributed by atoms with E-state index in [-0.39, 0.29) is 0 Å². The molecule has 20 heavy (non-hydrogen) atoms. The topological polar surface area (TPSA) is 23.6 Å². The molecule has 0 spiro atoms. The Hall–Kier alpha value is -0.870. The summed E-state index contributed by atoms with van der Waals surface area (Å²) in [5.41, 5.74) is 0. The van der Waals surface area contributed by atoms with Crippen LogP contribution in [-0.4, -0.2) is 41.9 Å². The number of carbonyl (C=O) groups excluding carboxylic acids is 1. The van der Waals surface area contributed by atoms with Gasteiger partial charge in [0.2, 0.25) is 5.91 Å². The first-order valence-electron chi connectivity index (χ1n) is 7.79. The van der Waals surface area contributed by atoms with E-state index in [9.17, 15) is 4.79 Å². The van der Waals surface area contributed by atoms with Crippen molar-refractivity contribution in [3.8, 4) is 0 Å². The minimum Gasteiger partial charge on any atom is -0.342 e. The summed E-state index contributed by atoms with van der Waals surface area (Å²) in [5.74, 6) is 1.12. The van der Waals surface area contributed by atoms with Crippen molar-refractivity contribution in [2.75, 3.05) is 26.2 Å². The Morgan fingerprint density at radius 1 is 1.30 bits per heavy atom. The predicted molar refractivity (Wildman–Crippen MR) is 82.8 cm³/mol. The van der Waals surface area contributed by atoms with E-state index in [0.29, 0.717) is 18.5 Å². The van der Waals surface area contributed by atoms with Crippen LogP contribution in [0.15, 0.2) is 17.5 Å². The summed E-state index contributed by atoms with van der Waals surface area (Å²) in [6, 6.07) is 4.80. The van der Waals surface area contributed by atoms with Crippen molar-refractivity contribution in [2.24, 2.45) is 5.92 Å². The Kier molecular flexibility index (Phi) is 4.41. The monoisotopic (exact) mass is 292 g/mol. The normalized spacial score (nSPS) is 25.2. The lowest BCUT2D eigenvalue weighted by atomic mass is 9.99. The Bertz CT molecular complexity index is 437. The molecule has 1 aromatic rings. The van der Waals surface area contributed by atoms with Crippen LogP contribution in [0.1, 0.15) is 43.5 Å². The van der Waals surface area contributed by atoms with Crippen molar-refractivity contribution in [3.63, 3.8) is 0 Å². The zero-order valence-corrected chi connectivity index (χ0v) is 13.1. The number of nitrogens with zero attached hydrogens (tertiary/aromatic N) is 2. The van der Waals surface area contributed by atoms with Crippen molar-refractivity contribution >= 4 is 17.2 Å². The van der Waals surface area contributed by atoms with Crippen LogP contribution in [0.25, 0.3) is 0 Å². The van der Waals surface area contributed by atoms with E-state index in [2.05, 4.69) is 34.2 Å². The lowest BCUT2D eigenvalue weighted by Gasteiger charge is -2.32. The third-order valence-corrected chi connectivity index (χ3v) is 5.68. The third-order valence-electron chi connectivity index (χ3n) is 4.71. The van der Waals surface area contributed by atoms with Gasteiger partial charge in [0.15, 0.2) is 0 Å². The first-order valence-corrected chi connectivity index (χ1v) is 8.67. The van der Waals surface area contributed by atoms with E-state index < -0.39 is 0 Å². The van der Waals surface area contributed by atoms with Gasteiger partial charge in [0, 0.05) is 24.0 Å². The highest BCUT2D eigenvalue weighted by Gasteiger charge is 2.30. The summed E-state index contributed by atoms with van der Waals surface area (Å²) in [4.78, 5) is 18.3. The van der Waals surface area contributed by atoms with Gasteiger partial charge in [0.25, 0.3) is 0 Å². The molecule has 110 valence electrons. The fourth-order valence-corrected chi connectivity index (χ4v) is 4.25. The Balaban J connectivity index is 1.58. The average Bonchev–Trinajstić information content (AvgIpc) is 3.09. The van der Waals surface area contributed by atoms with E-state index in [1.165, 1.54) is 30.6 Å². The van der Waals surface area contributed by atoms with E-state index in [1.54, 1.807) is 0 Å². The van der Waals surface area contributed by atoms with Crippen LogP contribution < -0.4 is 0 Å². The number of amides is 1. The van der Waals surface area contributed by atoms with Gasteiger partial charge in [-0.25, -0.2) is 0 Å². The maximum atomic E-state index is 12.5. The predicted octanol–water partition coefficient (Wildman–Crippen LogP) is 3.14. The largest absolute Gasteiger partial charge is 0.342 e. The van der Waals surface area contributed by atoms with Crippen LogP contribution in [0.3, 0.4) is 0 Å². The van der Waals surface area contributed by atoms with Crippen LogP contribution in [0.5, 0.6) is 0 Å². The van der Waals surface area contributed by atoms with Gasteiger partial charge in [-0.05, 0) is 49.6 Å². The molecule has 0 saturated carbocycles. The molecule has 1 aromatic heterocycles. The van der Waals surface area contributed by atoms with Gasteiger partial charge >= 0.3 is 0 Å². The van der Waals surface area contributed by atoms with Crippen molar-refractivity contribution in [1.82, 2.24) is 9.80 Å². The second-order valence-corrected chi connectivity index (χ2v) is 7.19. The lowest BCUT2D eigenvalue weighted by Crippen LogP contribution is -2.43. The Morgan fingerprint density at radius 2 is 2.10 bits per heavy atom. The highest BCUT2D eigenvalue weighted by atomic mass is 32.1. The highest BCUT2D eigenvalue weighted by molar-refractivity contribution is 7.10. The van der Waals surface area contributed by atoms with Crippen LogP contribution in [0.4, 0.5) is 0 Å². The van der Waals surface area contributed by atoms with Crippen LogP contribution in [0.2, 0.25) is 0 Å². The average molecular weight is 292 g/mol. The van der Waals surface area contributed by atoms with Crippen LogP contribution in [-0.2, 0) is 4.79 Å². The summed E-state index contributed by atoms with van der Waals surface area (Å²) >= 11 is 1.82. The minimum atomic E-state index is 0.334. The molecule has 0 aliphatic carbocycles. The molecular weight excluding hydrogens is 268 g/mol. The molecule has 2 aliphatic heterocycles. The SMILES string of the molecule is CC1CCN(C(=O)CN2CCC[C@@H]2c2cccs2)CC1. The molecule has 3 rings (SSSR count). The molecule has 0 bridgehead atoms. The summed E-state index contributed by atoms with van der Waals surface area (Å²) in [6.45, 7) is 5.87. The molecule has 2 saturated heterocycles. The summed E-state index contributed by atoms with van der Waals surface area (Å²) in [5, 5.41) is 2.14. The van der Waals surface area contributed by atoms with E-state index in [4.69, 9.17) is 0 Å². The molecular formula is C16H24N2OS. The molecule has 1 amide bonds. The maximum absolute atomic E-state index is 12.5. The Morgan fingerprint density at radius 3 is 2.80 bits per heavy atom. The van der Waals surface area contributed by atoms with E-state index in [1.807, 2.05) is 11.3 Å². The summed E-state index contributed by atoms with van der Waals surface area (Å²) in [7, 11) is 0. The Labute approximate surface area is 125 Å². The summed E-state index contributed by atoms with van der Waals surface area (Å²) < 4.78 is 0. The van der Waals surface area contributed by atoms with Crippen LogP contribution >= 0.6 is 11.3 Å². The molecule has 2 aliphatic rings. The zero-order valence-electron chi connectivity index (χ0n) is 12.3. The standard InChI is InChI=1S/C16H24N2OS/c1-13-6-9-17(10-7-13)16(19)12-18-8-2-4-14(18)15-5-3-11-20-15/h3,5,11,13-14H,2,4,6-10,12H2,1H3/t14-/m1/s1. The highest BCUT2D eigenvalue weighted by Crippen LogP contribution is 2.34. The zero-order chi connectivity index (χ0) is 13.9. The molecule has 3 nitrogen and oxygen atoms in total. The molecule has 4 heteroatoms. The van der Waals surface area contributed by atoms with Crippen LogP contribution in [0, 0.1) is 5.92 Å². The summed E-state index contributed by atoms with van der Waals surface area (Å²) in [6.07, 6.45) is 4.75. The van der Waals surface area contributed by atoms with E-state index in [0.717, 1.165) is 25.6 Å². The second kappa shape index (κ2) is 6.27. The number of rotatable bonds is 3. The molecule has 2 fully saturated rings. The molecule has 3 heterocycles. The van der Waals surface area contributed by atoms with Crippen molar-refractivity contribution in [2.45, 2.75) is 38.6 Å². The number of hydrogen-bond acceptors (Lipinski definition) is 3. The van der Waals surface area contributed by atoms with Crippen molar-refractivity contribution in [1.29, 1.82) is 0 Å². The lowest BCUT2D eigenvalue weighted by molar-refractivity contribution is -0.134. The minimum absolute atomic E-state index is 0.334. The van der Waals surface area contributed by atoms with Gasteiger partial charge < -0.3 is 4.90 Å². The van der Waals surface area contributed by atoms with Gasteiger partial charge in [0.1, 0.15) is 0 Å². The maximum Gasteiger partial charge on any atom is 0.236 e. The van der Waals surface area contributed by atoms with Gasteiger partial charge in [-0.15, -0.1) is 11.3 Å². The van der Waals surface area contributed by atoms with Gasteiger partial charge in [-0.2, -0.15) is 0 Å². The van der Waals surface area contributed by atoms with Gasteiger partial charge in [-0.3, -0.25) is 9.69 Å². The number of piperidine rings is 1. The second-order valence-electron chi connectivity index (χ2n) is 6.21. The molecule has 0 radical (unpaired) electrons. The fourth-order valence-electron chi connectivity index (χ4n) is 3.35. The quantitative estimate of drug-likeness (QED) is 0.854. The van der Waals surface area contributed by atoms with Gasteiger partial charge in [0.05, 0.1) is 6.54 Å². The van der Waals surface area contributed by atoms with Crippen molar-refractivity contribution in [3.05, 3.63) is 22.4 Å². The van der Waals surface area contributed by atoms with Gasteiger partial charge in [-0.1, -0.05) is 13.0 Å².